The maximum absolute atomic E-state index is 13.0. The summed E-state index contributed by atoms with van der Waals surface area (Å²) in [5.41, 5.74) is 6.55. The van der Waals surface area contributed by atoms with Crippen LogP contribution in [0.5, 0.6) is 0 Å². The van der Waals surface area contributed by atoms with Crippen LogP contribution in [0.3, 0.4) is 0 Å². The van der Waals surface area contributed by atoms with Gasteiger partial charge in [-0.1, -0.05) is 6.07 Å². The molecule has 7 heteroatoms. The van der Waals surface area contributed by atoms with E-state index in [4.69, 9.17) is 0 Å². The van der Waals surface area contributed by atoms with E-state index in [-0.39, 0.29) is 5.91 Å². The third kappa shape index (κ3) is 2.35. The molecule has 0 bridgehead atoms. The summed E-state index contributed by atoms with van der Waals surface area (Å²) in [5, 5.41) is 6.47. The summed E-state index contributed by atoms with van der Waals surface area (Å²) >= 11 is 1.56. The minimum atomic E-state index is 0.0559. The molecule has 1 aliphatic rings. The van der Waals surface area contributed by atoms with Crippen molar-refractivity contribution in [1.29, 1.82) is 0 Å². The van der Waals surface area contributed by atoms with Crippen LogP contribution in [0.2, 0.25) is 0 Å². The zero-order valence-corrected chi connectivity index (χ0v) is 14.2. The van der Waals surface area contributed by atoms with E-state index in [2.05, 4.69) is 10.1 Å². The van der Waals surface area contributed by atoms with Crippen molar-refractivity contribution in [2.45, 2.75) is 13.1 Å². The highest BCUT2D eigenvalue weighted by Gasteiger charge is 2.26. The number of carbonyl (C=O) groups is 1. The van der Waals surface area contributed by atoms with Crippen LogP contribution >= 0.6 is 11.3 Å². The van der Waals surface area contributed by atoms with Crippen molar-refractivity contribution in [2.75, 3.05) is 6.54 Å². The van der Waals surface area contributed by atoms with Crippen LogP contribution in [0.1, 0.15) is 16.1 Å². The van der Waals surface area contributed by atoms with Gasteiger partial charge in [0, 0.05) is 35.4 Å². The molecule has 0 spiro atoms. The number of fused-ring (bicyclic) bond motifs is 2. The van der Waals surface area contributed by atoms with Gasteiger partial charge < -0.3 is 9.30 Å². The molecule has 124 valence electrons. The fraction of sp³-hybridized carbons (Fsp3) is 0.167. The number of amides is 1. The molecule has 1 aliphatic heterocycles. The maximum atomic E-state index is 13.0. The van der Waals surface area contributed by atoms with Gasteiger partial charge in [0.2, 0.25) is 0 Å². The lowest BCUT2D eigenvalue weighted by atomic mass is 10.1. The third-order valence-electron chi connectivity index (χ3n) is 4.62. The van der Waals surface area contributed by atoms with E-state index in [0.717, 1.165) is 28.0 Å². The van der Waals surface area contributed by atoms with Crippen LogP contribution in [-0.2, 0) is 13.1 Å². The van der Waals surface area contributed by atoms with Gasteiger partial charge in [-0.05, 0) is 18.2 Å². The van der Waals surface area contributed by atoms with E-state index in [1.165, 1.54) is 0 Å². The molecule has 0 N–H and O–H groups in total. The van der Waals surface area contributed by atoms with E-state index < -0.39 is 0 Å². The first-order valence-electron chi connectivity index (χ1n) is 8.09. The molecule has 6 nitrogen and oxygen atoms in total. The van der Waals surface area contributed by atoms with Crippen LogP contribution in [-0.4, -0.2) is 36.5 Å². The SMILES string of the molecule is O=C(c1cc2ccccn2c1)N1CCn2ncc(-c3cscn3)c2C1. The van der Waals surface area contributed by atoms with E-state index in [1.54, 1.807) is 11.3 Å². The molecule has 0 aliphatic carbocycles. The van der Waals surface area contributed by atoms with Crippen LogP contribution in [0.15, 0.2) is 53.7 Å². The van der Waals surface area contributed by atoms with Crippen molar-refractivity contribution < 1.29 is 4.79 Å². The number of aromatic nitrogens is 4. The molecule has 0 aromatic carbocycles. The monoisotopic (exact) mass is 349 g/mol. The highest BCUT2D eigenvalue weighted by molar-refractivity contribution is 7.07. The van der Waals surface area contributed by atoms with Gasteiger partial charge in [-0.3, -0.25) is 9.48 Å². The summed E-state index contributed by atoms with van der Waals surface area (Å²) in [6, 6.07) is 7.88. The quantitative estimate of drug-likeness (QED) is 0.559. The van der Waals surface area contributed by atoms with Crippen LogP contribution < -0.4 is 0 Å². The van der Waals surface area contributed by atoms with Gasteiger partial charge in [-0.2, -0.15) is 5.10 Å². The number of rotatable bonds is 2. The number of carbonyl (C=O) groups excluding carboxylic acids is 1. The minimum Gasteiger partial charge on any atom is -0.331 e. The summed E-state index contributed by atoms with van der Waals surface area (Å²) in [6.45, 7) is 1.92. The Morgan fingerprint density at radius 2 is 2.20 bits per heavy atom. The van der Waals surface area contributed by atoms with E-state index >= 15 is 0 Å². The Labute approximate surface area is 148 Å². The molecule has 5 heterocycles. The maximum Gasteiger partial charge on any atom is 0.255 e. The second-order valence-electron chi connectivity index (χ2n) is 6.09. The molecule has 0 fully saturated rings. The van der Waals surface area contributed by atoms with Crippen molar-refractivity contribution in [1.82, 2.24) is 24.1 Å². The predicted octanol–water partition coefficient (Wildman–Crippen LogP) is 2.92. The Morgan fingerprint density at radius 1 is 1.24 bits per heavy atom. The zero-order chi connectivity index (χ0) is 16.8. The molecule has 4 aromatic rings. The van der Waals surface area contributed by atoms with Crippen molar-refractivity contribution >= 4 is 22.8 Å². The van der Waals surface area contributed by atoms with Gasteiger partial charge in [0.15, 0.2) is 0 Å². The lowest BCUT2D eigenvalue weighted by Gasteiger charge is -2.28. The molecule has 1 amide bonds. The second kappa shape index (κ2) is 5.56. The second-order valence-corrected chi connectivity index (χ2v) is 6.81. The summed E-state index contributed by atoms with van der Waals surface area (Å²) < 4.78 is 3.96. The molecular formula is C18H15N5OS. The van der Waals surface area contributed by atoms with Crippen molar-refractivity contribution in [2.24, 2.45) is 0 Å². The first kappa shape index (κ1) is 14.4. The average Bonchev–Trinajstić information content (AvgIpc) is 3.37. The van der Waals surface area contributed by atoms with Gasteiger partial charge in [0.05, 0.1) is 41.7 Å². The summed E-state index contributed by atoms with van der Waals surface area (Å²) in [5.74, 6) is 0.0559. The summed E-state index contributed by atoms with van der Waals surface area (Å²) in [7, 11) is 0. The molecule has 0 saturated carbocycles. The molecule has 4 aromatic heterocycles. The van der Waals surface area contributed by atoms with Crippen molar-refractivity contribution in [3.63, 3.8) is 0 Å². The van der Waals surface area contributed by atoms with E-state index in [9.17, 15) is 4.79 Å². The van der Waals surface area contributed by atoms with Crippen molar-refractivity contribution in [3.8, 4) is 11.3 Å². The summed E-state index contributed by atoms with van der Waals surface area (Å²) in [6.07, 6.45) is 5.70. The molecule has 0 unspecified atom stereocenters. The smallest absolute Gasteiger partial charge is 0.255 e. The lowest BCUT2D eigenvalue weighted by molar-refractivity contribution is 0.0706. The fourth-order valence-corrected chi connectivity index (χ4v) is 3.89. The van der Waals surface area contributed by atoms with Gasteiger partial charge in [-0.25, -0.2) is 4.98 Å². The number of thiazole rings is 1. The minimum absolute atomic E-state index is 0.0559. The number of hydrogen-bond donors (Lipinski definition) is 0. The highest BCUT2D eigenvalue weighted by Crippen LogP contribution is 2.27. The molecule has 0 atom stereocenters. The Kier molecular flexibility index (Phi) is 3.21. The molecule has 25 heavy (non-hydrogen) atoms. The van der Waals surface area contributed by atoms with Gasteiger partial charge in [0.1, 0.15) is 0 Å². The normalized spacial score (nSPS) is 14.0. The number of nitrogens with zero attached hydrogens (tertiary/aromatic N) is 5. The van der Waals surface area contributed by atoms with Gasteiger partial charge in [0.25, 0.3) is 5.91 Å². The first-order chi connectivity index (χ1) is 12.3. The molecule has 0 saturated heterocycles. The van der Waals surface area contributed by atoms with Crippen LogP contribution in [0.4, 0.5) is 0 Å². The van der Waals surface area contributed by atoms with Gasteiger partial charge >= 0.3 is 0 Å². The number of pyridine rings is 1. The van der Waals surface area contributed by atoms with E-state index in [1.807, 2.05) is 67.7 Å². The average molecular weight is 349 g/mol. The standard InChI is InChI=1S/C18H15N5OS/c24-18(13-7-14-3-1-2-4-21(14)9-13)22-5-6-23-17(10-22)15(8-20-23)16-11-25-12-19-16/h1-4,7-9,11-12H,5-6,10H2. The Hall–Kier alpha value is -2.93. The Balaban J connectivity index is 1.47. The topological polar surface area (TPSA) is 55.4 Å². The molecule has 5 rings (SSSR count). The molecular weight excluding hydrogens is 334 g/mol. The van der Waals surface area contributed by atoms with Crippen LogP contribution in [0, 0.1) is 0 Å². The first-order valence-corrected chi connectivity index (χ1v) is 9.03. The highest BCUT2D eigenvalue weighted by atomic mass is 32.1. The Bertz CT molecular complexity index is 1030. The zero-order valence-electron chi connectivity index (χ0n) is 13.4. The van der Waals surface area contributed by atoms with Crippen LogP contribution in [0.25, 0.3) is 16.8 Å². The molecule has 0 radical (unpaired) electrons. The Morgan fingerprint density at radius 3 is 3.04 bits per heavy atom. The third-order valence-corrected chi connectivity index (χ3v) is 5.20. The van der Waals surface area contributed by atoms with Crippen molar-refractivity contribution in [3.05, 3.63) is 65.0 Å². The number of hydrogen-bond acceptors (Lipinski definition) is 4. The predicted molar refractivity (Wildman–Crippen MR) is 95.5 cm³/mol. The van der Waals surface area contributed by atoms with E-state index in [0.29, 0.717) is 19.6 Å². The largest absolute Gasteiger partial charge is 0.331 e. The fourth-order valence-electron chi connectivity index (χ4n) is 3.33. The van der Waals surface area contributed by atoms with Gasteiger partial charge in [-0.15, -0.1) is 11.3 Å². The lowest BCUT2D eigenvalue weighted by Crippen LogP contribution is -2.38. The summed E-state index contributed by atoms with van der Waals surface area (Å²) in [4.78, 5) is 19.2.